The Bertz CT molecular complexity index is 748. The van der Waals surface area contributed by atoms with Crippen molar-refractivity contribution in [2.75, 3.05) is 32.7 Å². The molecule has 0 saturated carbocycles. The van der Waals surface area contributed by atoms with Gasteiger partial charge in [0.05, 0.1) is 6.54 Å². The number of aliphatic imine (C=N–C) groups is 1. The van der Waals surface area contributed by atoms with E-state index in [2.05, 4.69) is 20.2 Å². The van der Waals surface area contributed by atoms with E-state index >= 15 is 0 Å². The molecule has 0 spiro atoms. The van der Waals surface area contributed by atoms with Crippen molar-refractivity contribution >= 4 is 11.9 Å². The van der Waals surface area contributed by atoms with Crippen LogP contribution in [-0.2, 0) is 11.3 Å². The van der Waals surface area contributed by atoms with Crippen LogP contribution < -0.4 is 5.32 Å². The summed E-state index contributed by atoms with van der Waals surface area (Å²) in [6, 6.07) is 9.82. The van der Waals surface area contributed by atoms with Gasteiger partial charge < -0.3 is 19.5 Å². The van der Waals surface area contributed by atoms with E-state index in [0.717, 1.165) is 49.9 Å². The SMILES string of the molecule is CCNC(=NCc1coc(-c2ccccc2)n1)N1CCN(C(C)=O)CC1. The summed E-state index contributed by atoms with van der Waals surface area (Å²) in [5, 5.41) is 3.32. The van der Waals surface area contributed by atoms with E-state index in [1.165, 1.54) is 0 Å². The van der Waals surface area contributed by atoms with Gasteiger partial charge in [-0.05, 0) is 19.1 Å². The van der Waals surface area contributed by atoms with Crippen molar-refractivity contribution in [1.82, 2.24) is 20.1 Å². The number of nitrogens with zero attached hydrogens (tertiary/aromatic N) is 4. The van der Waals surface area contributed by atoms with Crippen LogP contribution >= 0.6 is 0 Å². The molecule has 7 heteroatoms. The molecule has 0 radical (unpaired) electrons. The Morgan fingerprint density at radius 3 is 2.54 bits per heavy atom. The molecule has 0 unspecified atom stereocenters. The fourth-order valence-electron chi connectivity index (χ4n) is 2.91. The molecule has 2 aromatic rings. The Kier molecular flexibility index (Phi) is 5.88. The Morgan fingerprint density at radius 2 is 1.88 bits per heavy atom. The largest absolute Gasteiger partial charge is 0.444 e. The van der Waals surface area contributed by atoms with E-state index in [1.54, 1.807) is 13.2 Å². The number of piperazine rings is 1. The Balaban J connectivity index is 1.65. The predicted molar refractivity (Wildman–Crippen MR) is 101 cm³/mol. The van der Waals surface area contributed by atoms with E-state index in [-0.39, 0.29) is 5.91 Å². The molecule has 1 aromatic heterocycles. The minimum absolute atomic E-state index is 0.127. The monoisotopic (exact) mass is 355 g/mol. The molecule has 1 saturated heterocycles. The molecule has 0 aliphatic carbocycles. The molecule has 1 aliphatic rings. The van der Waals surface area contributed by atoms with Crippen molar-refractivity contribution < 1.29 is 9.21 Å². The lowest BCUT2D eigenvalue weighted by atomic mass is 10.2. The molecule has 0 atom stereocenters. The van der Waals surface area contributed by atoms with Crippen LogP contribution in [0, 0.1) is 0 Å². The van der Waals surface area contributed by atoms with Gasteiger partial charge in [0, 0.05) is 45.2 Å². The van der Waals surface area contributed by atoms with Crippen LogP contribution in [0.15, 0.2) is 46.0 Å². The third-order valence-corrected chi connectivity index (χ3v) is 4.32. The van der Waals surface area contributed by atoms with Crippen LogP contribution in [0.2, 0.25) is 0 Å². The number of oxazole rings is 1. The lowest BCUT2D eigenvalue weighted by molar-refractivity contribution is -0.130. The number of hydrogen-bond donors (Lipinski definition) is 1. The number of nitrogens with one attached hydrogen (secondary N) is 1. The lowest BCUT2D eigenvalue weighted by Gasteiger charge is -2.36. The summed E-state index contributed by atoms with van der Waals surface area (Å²) in [6.45, 7) is 7.91. The third-order valence-electron chi connectivity index (χ3n) is 4.32. The normalized spacial score (nSPS) is 15.2. The molecule has 1 amide bonds. The molecule has 1 fully saturated rings. The zero-order valence-electron chi connectivity index (χ0n) is 15.3. The quantitative estimate of drug-likeness (QED) is 0.670. The summed E-state index contributed by atoms with van der Waals surface area (Å²) >= 11 is 0. The second-order valence-corrected chi connectivity index (χ2v) is 6.17. The van der Waals surface area contributed by atoms with Gasteiger partial charge in [0.15, 0.2) is 5.96 Å². The van der Waals surface area contributed by atoms with E-state index in [9.17, 15) is 4.79 Å². The van der Waals surface area contributed by atoms with Crippen LogP contribution in [0.1, 0.15) is 19.5 Å². The van der Waals surface area contributed by atoms with E-state index in [1.807, 2.05) is 42.2 Å². The van der Waals surface area contributed by atoms with Crippen LogP contribution in [0.3, 0.4) is 0 Å². The van der Waals surface area contributed by atoms with Gasteiger partial charge in [0.2, 0.25) is 11.8 Å². The molecule has 2 heterocycles. The van der Waals surface area contributed by atoms with Gasteiger partial charge in [-0.25, -0.2) is 9.98 Å². The van der Waals surface area contributed by atoms with E-state index < -0.39 is 0 Å². The topological polar surface area (TPSA) is 74.0 Å². The highest BCUT2D eigenvalue weighted by Crippen LogP contribution is 2.18. The smallest absolute Gasteiger partial charge is 0.226 e. The molecular weight excluding hydrogens is 330 g/mol. The highest BCUT2D eigenvalue weighted by molar-refractivity contribution is 5.80. The molecule has 1 N–H and O–H groups in total. The number of hydrogen-bond acceptors (Lipinski definition) is 4. The van der Waals surface area contributed by atoms with Gasteiger partial charge >= 0.3 is 0 Å². The highest BCUT2D eigenvalue weighted by Gasteiger charge is 2.20. The fourth-order valence-corrected chi connectivity index (χ4v) is 2.91. The molecule has 0 bridgehead atoms. The second kappa shape index (κ2) is 8.51. The first kappa shape index (κ1) is 18.0. The molecule has 3 rings (SSSR count). The minimum atomic E-state index is 0.127. The number of benzene rings is 1. The molecule has 1 aromatic carbocycles. The predicted octanol–water partition coefficient (Wildman–Crippen LogP) is 1.97. The van der Waals surface area contributed by atoms with Gasteiger partial charge in [-0.2, -0.15) is 0 Å². The maximum atomic E-state index is 11.5. The van der Waals surface area contributed by atoms with Crippen molar-refractivity contribution in [2.24, 2.45) is 4.99 Å². The number of carbonyl (C=O) groups excluding carboxylic acids is 1. The zero-order valence-corrected chi connectivity index (χ0v) is 15.3. The average molecular weight is 355 g/mol. The fraction of sp³-hybridized carbons (Fsp3) is 0.421. The number of guanidine groups is 1. The number of carbonyl (C=O) groups is 1. The van der Waals surface area contributed by atoms with Crippen LogP contribution in [0.25, 0.3) is 11.5 Å². The highest BCUT2D eigenvalue weighted by atomic mass is 16.3. The first-order valence-corrected chi connectivity index (χ1v) is 8.96. The van der Waals surface area contributed by atoms with Crippen molar-refractivity contribution in [1.29, 1.82) is 0 Å². The molecular formula is C19H25N5O2. The van der Waals surface area contributed by atoms with Gasteiger partial charge in [0.25, 0.3) is 0 Å². The van der Waals surface area contributed by atoms with Crippen LogP contribution in [0.5, 0.6) is 0 Å². The minimum Gasteiger partial charge on any atom is -0.444 e. The summed E-state index contributed by atoms with van der Waals surface area (Å²) in [5.74, 6) is 1.58. The van der Waals surface area contributed by atoms with E-state index in [0.29, 0.717) is 12.4 Å². The Morgan fingerprint density at radius 1 is 1.19 bits per heavy atom. The molecule has 7 nitrogen and oxygen atoms in total. The zero-order chi connectivity index (χ0) is 18.4. The average Bonchev–Trinajstić information content (AvgIpc) is 3.15. The summed E-state index contributed by atoms with van der Waals surface area (Å²) in [5.41, 5.74) is 1.75. The Labute approximate surface area is 153 Å². The van der Waals surface area contributed by atoms with Crippen molar-refractivity contribution in [3.8, 4) is 11.5 Å². The maximum absolute atomic E-state index is 11.5. The number of aromatic nitrogens is 1. The first-order chi connectivity index (χ1) is 12.7. The van der Waals surface area contributed by atoms with Crippen LogP contribution in [-0.4, -0.2) is 59.4 Å². The number of amides is 1. The molecule has 1 aliphatic heterocycles. The van der Waals surface area contributed by atoms with Crippen molar-refractivity contribution in [3.05, 3.63) is 42.3 Å². The maximum Gasteiger partial charge on any atom is 0.226 e. The van der Waals surface area contributed by atoms with Crippen molar-refractivity contribution in [3.63, 3.8) is 0 Å². The van der Waals surface area contributed by atoms with Crippen molar-refractivity contribution in [2.45, 2.75) is 20.4 Å². The summed E-state index contributed by atoms with van der Waals surface area (Å²) in [4.78, 5) is 24.7. The van der Waals surface area contributed by atoms with Gasteiger partial charge in [-0.15, -0.1) is 0 Å². The first-order valence-electron chi connectivity index (χ1n) is 8.96. The standard InChI is InChI=1S/C19H25N5O2/c1-3-20-19(24-11-9-23(10-12-24)15(2)25)21-13-17-14-26-18(22-17)16-7-5-4-6-8-16/h4-8,14H,3,9-13H2,1-2H3,(H,20,21). The van der Waals surface area contributed by atoms with Crippen LogP contribution in [0.4, 0.5) is 0 Å². The summed E-state index contributed by atoms with van der Waals surface area (Å²) < 4.78 is 5.57. The lowest BCUT2D eigenvalue weighted by Crippen LogP contribution is -2.53. The van der Waals surface area contributed by atoms with Gasteiger partial charge in [-0.3, -0.25) is 4.79 Å². The summed E-state index contributed by atoms with van der Waals surface area (Å²) in [7, 11) is 0. The Hall–Kier alpha value is -2.83. The third kappa shape index (κ3) is 4.41. The number of rotatable bonds is 4. The molecule has 138 valence electrons. The molecule has 26 heavy (non-hydrogen) atoms. The van der Waals surface area contributed by atoms with E-state index in [4.69, 9.17) is 4.42 Å². The van der Waals surface area contributed by atoms with Gasteiger partial charge in [-0.1, -0.05) is 18.2 Å². The second-order valence-electron chi connectivity index (χ2n) is 6.17. The summed E-state index contributed by atoms with van der Waals surface area (Å²) in [6.07, 6.45) is 1.66. The van der Waals surface area contributed by atoms with Gasteiger partial charge in [0.1, 0.15) is 12.0 Å².